The Morgan fingerprint density at radius 2 is 2.04 bits per heavy atom. The van der Waals surface area contributed by atoms with E-state index in [9.17, 15) is 9.59 Å². The predicted octanol–water partition coefficient (Wildman–Crippen LogP) is 0.623. The molecule has 3 rings (SSSR count). The second kappa shape index (κ2) is 7.33. The lowest BCUT2D eigenvalue weighted by atomic mass is 9.88. The Kier molecular flexibility index (Phi) is 5.15. The van der Waals surface area contributed by atoms with Crippen molar-refractivity contribution >= 4 is 16.7 Å². The number of ether oxygens (including phenoxy) is 1. The molecule has 0 atom stereocenters. The first kappa shape index (κ1) is 17.6. The third-order valence-corrected chi connectivity index (χ3v) is 5.04. The van der Waals surface area contributed by atoms with Crippen LogP contribution in [0.4, 0.5) is 0 Å². The first-order valence-corrected chi connectivity index (χ1v) is 8.49. The molecule has 1 amide bonds. The first-order valence-electron chi connectivity index (χ1n) is 8.49. The van der Waals surface area contributed by atoms with Gasteiger partial charge in [0.2, 0.25) is 5.91 Å². The Morgan fingerprint density at radius 1 is 1.32 bits per heavy atom. The molecule has 25 heavy (non-hydrogen) atoms. The van der Waals surface area contributed by atoms with E-state index in [1.54, 1.807) is 18.3 Å². The van der Waals surface area contributed by atoms with Gasteiger partial charge >= 0.3 is 0 Å². The minimum atomic E-state index is -0.248. The molecule has 0 aliphatic carbocycles. The summed E-state index contributed by atoms with van der Waals surface area (Å²) in [5.41, 5.74) is -0.350. The summed E-state index contributed by atoms with van der Waals surface area (Å²) in [6.07, 6.45) is 3.35. The van der Waals surface area contributed by atoms with Crippen LogP contribution in [0.1, 0.15) is 12.8 Å². The summed E-state index contributed by atoms with van der Waals surface area (Å²) in [6.45, 7) is 1.84. The summed E-state index contributed by atoms with van der Waals surface area (Å²) >= 11 is 0. The van der Waals surface area contributed by atoms with E-state index >= 15 is 0 Å². The van der Waals surface area contributed by atoms with E-state index in [2.05, 4.69) is 15.3 Å². The number of benzene rings is 1. The van der Waals surface area contributed by atoms with Gasteiger partial charge in [-0.2, -0.15) is 5.10 Å². The Hall–Kier alpha value is -2.25. The zero-order valence-electron chi connectivity index (χ0n) is 14.7. The highest BCUT2D eigenvalue weighted by Crippen LogP contribution is 2.25. The summed E-state index contributed by atoms with van der Waals surface area (Å²) in [5, 5.41) is 8.41. The minimum Gasteiger partial charge on any atom is -0.381 e. The molecule has 2 aromatic rings. The van der Waals surface area contributed by atoms with Crippen molar-refractivity contribution in [1.29, 1.82) is 0 Å². The standard InChI is InChI=1S/C18H24N4O3/c1-21(2)18(7-9-25-10-8-18)13-19-16(23)12-22-17(24)15-6-4-3-5-14(15)11-20-22/h3-6,11H,7-10,12-13H2,1-2H3,(H,19,23). The lowest BCUT2D eigenvalue weighted by Gasteiger charge is -2.42. The Bertz CT molecular complexity index is 809. The zero-order chi connectivity index (χ0) is 17.9. The van der Waals surface area contributed by atoms with Crippen molar-refractivity contribution in [1.82, 2.24) is 20.0 Å². The Balaban J connectivity index is 1.68. The molecule has 1 fully saturated rings. The highest BCUT2D eigenvalue weighted by molar-refractivity contribution is 5.81. The number of fused-ring (bicyclic) bond motifs is 1. The van der Waals surface area contributed by atoms with Crippen LogP contribution in [0.15, 0.2) is 35.3 Å². The van der Waals surface area contributed by atoms with Crippen LogP contribution in [0, 0.1) is 0 Å². The molecule has 0 radical (unpaired) electrons. The van der Waals surface area contributed by atoms with E-state index < -0.39 is 0 Å². The third kappa shape index (κ3) is 3.72. The van der Waals surface area contributed by atoms with Gasteiger partial charge in [0.15, 0.2) is 0 Å². The van der Waals surface area contributed by atoms with Crippen molar-refractivity contribution in [2.45, 2.75) is 24.9 Å². The molecule has 0 saturated carbocycles. The Morgan fingerprint density at radius 3 is 2.76 bits per heavy atom. The third-order valence-electron chi connectivity index (χ3n) is 5.04. The number of carbonyl (C=O) groups is 1. The molecule has 1 aliphatic heterocycles. The molecule has 1 saturated heterocycles. The molecule has 1 aromatic carbocycles. The predicted molar refractivity (Wildman–Crippen MR) is 95.5 cm³/mol. The van der Waals surface area contributed by atoms with E-state index in [1.807, 2.05) is 26.2 Å². The summed E-state index contributed by atoms with van der Waals surface area (Å²) < 4.78 is 6.65. The van der Waals surface area contributed by atoms with Gasteiger partial charge in [-0.05, 0) is 33.0 Å². The number of likely N-dealkylation sites (N-methyl/N-ethyl adjacent to an activating group) is 1. The van der Waals surface area contributed by atoms with Crippen molar-refractivity contribution in [2.24, 2.45) is 0 Å². The van der Waals surface area contributed by atoms with Gasteiger partial charge in [-0.15, -0.1) is 0 Å². The van der Waals surface area contributed by atoms with Gasteiger partial charge < -0.3 is 15.0 Å². The molecular formula is C18H24N4O3. The fourth-order valence-electron chi connectivity index (χ4n) is 3.23. The van der Waals surface area contributed by atoms with Gasteiger partial charge in [0.1, 0.15) is 6.54 Å². The van der Waals surface area contributed by atoms with Gasteiger partial charge in [0.25, 0.3) is 5.56 Å². The molecule has 1 aromatic heterocycles. The van der Waals surface area contributed by atoms with Crippen molar-refractivity contribution in [3.8, 4) is 0 Å². The van der Waals surface area contributed by atoms with Gasteiger partial charge in [0, 0.05) is 30.7 Å². The molecule has 2 heterocycles. The summed E-state index contributed by atoms with van der Waals surface area (Å²) in [7, 11) is 4.04. The average Bonchev–Trinajstić information content (AvgIpc) is 2.63. The van der Waals surface area contributed by atoms with Gasteiger partial charge in [-0.1, -0.05) is 18.2 Å². The van der Waals surface area contributed by atoms with Crippen LogP contribution in [0.3, 0.4) is 0 Å². The SMILES string of the molecule is CN(C)C1(CNC(=O)Cn2ncc3ccccc3c2=O)CCOCC1. The highest BCUT2D eigenvalue weighted by atomic mass is 16.5. The maximum Gasteiger partial charge on any atom is 0.275 e. The molecule has 1 aliphatic rings. The maximum atomic E-state index is 12.4. The first-order chi connectivity index (χ1) is 12.0. The maximum absolute atomic E-state index is 12.4. The largest absolute Gasteiger partial charge is 0.381 e. The van der Waals surface area contributed by atoms with Crippen LogP contribution in [0.2, 0.25) is 0 Å². The molecule has 7 heteroatoms. The van der Waals surface area contributed by atoms with Crippen LogP contribution in [0.5, 0.6) is 0 Å². The number of carbonyl (C=O) groups excluding carboxylic acids is 1. The second-order valence-corrected chi connectivity index (χ2v) is 6.70. The second-order valence-electron chi connectivity index (χ2n) is 6.70. The van der Waals surface area contributed by atoms with E-state index in [1.165, 1.54) is 4.68 Å². The zero-order valence-corrected chi connectivity index (χ0v) is 14.7. The number of amides is 1. The van der Waals surface area contributed by atoms with Crippen molar-refractivity contribution < 1.29 is 9.53 Å². The summed E-state index contributed by atoms with van der Waals surface area (Å²) in [6, 6.07) is 7.24. The van der Waals surface area contributed by atoms with Crippen LogP contribution in [0.25, 0.3) is 10.8 Å². The molecule has 134 valence electrons. The summed E-state index contributed by atoms with van der Waals surface area (Å²) in [4.78, 5) is 26.9. The summed E-state index contributed by atoms with van der Waals surface area (Å²) in [5.74, 6) is -0.211. The fraction of sp³-hybridized carbons (Fsp3) is 0.500. The lowest BCUT2D eigenvalue weighted by molar-refractivity contribution is -0.123. The quantitative estimate of drug-likeness (QED) is 0.861. The van der Waals surface area contributed by atoms with Gasteiger partial charge in [0.05, 0.1) is 11.6 Å². The van der Waals surface area contributed by atoms with Gasteiger partial charge in [-0.25, -0.2) is 4.68 Å². The van der Waals surface area contributed by atoms with Crippen molar-refractivity contribution in [3.63, 3.8) is 0 Å². The fourth-order valence-corrected chi connectivity index (χ4v) is 3.23. The lowest BCUT2D eigenvalue weighted by Crippen LogP contribution is -2.56. The molecule has 1 N–H and O–H groups in total. The smallest absolute Gasteiger partial charge is 0.275 e. The van der Waals surface area contributed by atoms with Crippen molar-refractivity contribution in [2.75, 3.05) is 33.9 Å². The normalized spacial score (nSPS) is 16.9. The number of hydrogen-bond acceptors (Lipinski definition) is 5. The van der Waals surface area contributed by atoms with Gasteiger partial charge in [-0.3, -0.25) is 9.59 Å². The molecule has 7 nitrogen and oxygen atoms in total. The van der Waals surface area contributed by atoms with Crippen LogP contribution >= 0.6 is 0 Å². The van der Waals surface area contributed by atoms with Crippen LogP contribution in [-0.2, 0) is 16.1 Å². The molecule has 0 spiro atoms. The van der Waals surface area contributed by atoms with E-state index in [-0.39, 0.29) is 23.6 Å². The molecular weight excluding hydrogens is 320 g/mol. The monoisotopic (exact) mass is 344 g/mol. The number of nitrogens with zero attached hydrogens (tertiary/aromatic N) is 3. The van der Waals surface area contributed by atoms with E-state index in [0.29, 0.717) is 25.1 Å². The topological polar surface area (TPSA) is 76.5 Å². The number of aromatic nitrogens is 2. The van der Waals surface area contributed by atoms with Crippen molar-refractivity contribution in [3.05, 3.63) is 40.8 Å². The average molecular weight is 344 g/mol. The number of nitrogens with one attached hydrogen (secondary N) is 1. The Labute approximate surface area is 146 Å². The minimum absolute atomic E-state index is 0.0797. The number of rotatable bonds is 5. The van der Waals surface area contributed by atoms with Crippen LogP contribution < -0.4 is 10.9 Å². The number of hydrogen-bond donors (Lipinski definition) is 1. The molecule has 0 unspecified atom stereocenters. The van der Waals surface area contributed by atoms with Crippen LogP contribution in [-0.4, -0.2) is 60.0 Å². The van der Waals surface area contributed by atoms with E-state index in [0.717, 1.165) is 18.2 Å². The highest BCUT2D eigenvalue weighted by Gasteiger charge is 2.35. The van der Waals surface area contributed by atoms with E-state index in [4.69, 9.17) is 4.74 Å². The molecule has 0 bridgehead atoms.